The summed E-state index contributed by atoms with van der Waals surface area (Å²) in [5, 5.41) is 8.05. The minimum Gasteiger partial charge on any atom is -0.495 e. The summed E-state index contributed by atoms with van der Waals surface area (Å²) in [6, 6.07) is 8.58. The average Bonchev–Trinajstić information content (AvgIpc) is 3.04. The van der Waals surface area contributed by atoms with Crippen molar-refractivity contribution in [3.8, 4) is 5.75 Å². The number of halogens is 1. The van der Waals surface area contributed by atoms with E-state index in [1.165, 1.54) is 4.88 Å². The summed E-state index contributed by atoms with van der Waals surface area (Å²) in [7, 11) is 1.73. The number of aryl methyl sites for hydroxylation is 2. The molecule has 29 heavy (non-hydrogen) atoms. The van der Waals surface area contributed by atoms with E-state index in [-0.39, 0.29) is 24.0 Å². The molecule has 8 heteroatoms. The highest BCUT2D eigenvalue weighted by Gasteiger charge is 2.22. The quantitative estimate of drug-likeness (QED) is 0.335. The first kappa shape index (κ1) is 23.7. The number of rotatable bonds is 6. The Hall–Kier alpha value is -1.55. The number of piperidine rings is 1. The molecule has 0 aliphatic carbocycles. The standard InChI is InChI=1S/C21H31N5OS.HI/c1-5-22-21(23-13-20-24-15(2)16(3)28-20)25-17-9-8-12-26(14-17)18-10-6-7-11-19(18)27-4;/h6-7,10-11,17H,5,8-9,12-14H2,1-4H3,(H2,22,23,25);1H. The van der Waals surface area contributed by atoms with Crippen molar-refractivity contribution < 1.29 is 4.74 Å². The Morgan fingerprint density at radius 2 is 2.14 bits per heavy atom. The van der Waals surface area contributed by atoms with Gasteiger partial charge in [0.25, 0.3) is 0 Å². The Morgan fingerprint density at radius 1 is 1.34 bits per heavy atom. The molecule has 3 rings (SSSR count). The number of aromatic nitrogens is 1. The molecule has 160 valence electrons. The van der Waals surface area contributed by atoms with Crippen molar-refractivity contribution in [1.82, 2.24) is 15.6 Å². The molecular weight excluding hydrogens is 497 g/mol. The number of nitrogens with one attached hydrogen (secondary N) is 2. The number of methoxy groups -OCH3 is 1. The van der Waals surface area contributed by atoms with Crippen LogP contribution < -0.4 is 20.3 Å². The average molecular weight is 529 g/mol. The van der Waals surface area contributed by atoms with Gasteiger partial charge in [-0.2, -0.15) is 0 Å². The van der Waals surface area contributed by atoms with Crippen LogP contribution in [0.25, 0.3) is 0 Å². The second kappa shape index (κ2) is 11.6. The predicted molar refractivity (Wildman–Crippen MR) is 133 cm³/mol. The molecule has 2 heterocycles. The summed E-state index contributed by atoms with van der Waals surface area (Å²) in [4.78, 5) is 13.0. The fraction of sp³-hybridized carbons (Fsp3) is 0.524. The molecule has 1 fully saturated rings. The van der Waals surface area contributed by atoms with E-state index in [0.29, 0.717) is 12.6 Å². The van der Waals surface area contributed by atoms with Crippen LogP contribution in [0.1, 0.15) is 35.3 Å². The van der Waals surface area contributed by atoms with Gasteiger partial charge in [0.15, 0.2) is 5.96 Å². The fourth-order valence-corrected chi connectivity index (χ4v) is 4.33. The fourth-order valence-electron chi connectivity index (χ4n) is 3.47. The second-order valence-electron chi connectivity index (χ2n) is 7.05. The third-order valence-electron chi connectivity index (χ3n) is 4.98. The smallest absolute Gasteiger partial charge is 0.191 e. The van der Waals surface area contributed by atoms with E-state index in [4.69, 9.17) is 9.73 Å². The third-order valence-corrected chi connectivity index (χ3v) is 6.04. The van der Waals surface area contributed by atoms with Crippen LogP contribution in [0.4, 0.5) is 5.69 Å². The zero-order valence-electron chi connectivity index (χ0n) is 17.7. The molecule has 1 saturated heterocycles. The zero-order chi connectivity index (χ0) is 19.9. The lowest BCUT2D eigenvalue weighted by molar-refractivity contribution is 0.408. The summed E-state index contributed by atoms with van der Waals surface area (Å²) in [5.74, 6) is 1.79. The summed E-state index contributed by atoms with van der Waals surface area (Å²) in [6.07, 6.45) is 2.27. The zero-order valence-corrected chi connectivity index (χ0v) is 20.8. The number of thiazole rings is 1. The highest BCUT2D eigenvalue weighted by atomic mass is 127. The molecule has 0 radical (unpaired) electrons. The number of hydrogen-bond acceptors (Lipinski definition) is 5. The molecule has 1 aromatic carbocycles. The van der Waals surface area contributed by atoms with Gasteiger partial charge in [-0.05, 0) is 45.7 Å². The number of nitrogens with zero attached hydrogens (tertiary/aromatic N) is 3. The van der Waals surface area contributed by atoms with Crippen molar-refractivity contribution >= 4 is 47.0 Å². The van der Waals surface area contributed by atoms with Crippen molar-refractivity contribution in [2.45, 2.75) is 46.2 Å². The second-order valence-corrected chi connectivity index (χ2v) is 8.33. The number of benzene rings is 1. The monoisotopic (exact) mass is 529 g/mol. The van der Waals surface area contributed by atoms with Crippen LogP contribution in [0.3, 0.4) is 0 Å². The number of aliphatic imine (C=N–C) groups is 1. The maximum Gasteiger partial charge on any atom is 0.191 e. The first-order chi connectivity index (χ1) is 13.6. The van der Waals surface area contributed by atoms with Crippen molar-refractivity contribution in [3.63, 3.8) is 0 Å². The third kappa shape index (κ3) is 6.47. The molecule has 0 bridgehead atoms. The molecule has 1 unspecified atom stereocenters. The van der Waals surface area contributed by atoms with Gasteiger partial charge in [-0.15, -0.1) is 35.3 Å². The van der Waals surface area contributed by atoms with Gasteiger partial charge in [-0.3, -0.25) is 0 Å². The van der Waals surface area contributed by atoms with Gasteiger partial charge in [0.2, 0.25) is 0 Å². The molecule has 1 atom stereocenters. The van der Waals surface area contributed by atoms with Gasteiger partial charge in [0.05, 0.1) is 25.0 Å². The van der Waals surface area contributed by atoms with E-state index in [1.54, 1.807) is 18.4 Å². The molecule has 1 aromatic heterocycles. The molecule has 0 amide bonds. The Labute approximate surface area is 195 Å². The van der Waals surface area contributed by atoms with Gasteiger partial charge >= 0.3 is 0 Å². The number of guanidine groups is 1. The van der Waals surface area contributed by atoms with E-state index >= 15 is 0 Å². The van der Waals surface area contributed by atoms with Gasteiger partial charge < -0.3 is 20.3 Å². The Kier molecular flexibility index (Phi) is 9.48. The lowest BCUT2D eigenvalue weighted by atomic mass is 10.0. The number of para-hydroxylation sites is 2. The molecule has 1 aliphatic heterocycles. The summed E-state index contributed by atoms with van der Waals surface area (Å²) < 4.78 is 5.55. The van der Waals surface area contributed by atoms with Crippen molar-refractivity contribution in [1.29, 1.82) is 0 Å². The van der Waals surface area contributed by atoms with Crippen molar-refractivity contribution in [2.24, 2.45) is 4.99 Å². The van der Waals surface area contributed by atoms with Gasteiger partial charge in [-0.25, -0.2) is 9.98 Å². The Morgan fingerprint density at radius 3 is 2.83 bits per heavy atom. The van der Waals surface area contributed by atoms with E-state index in [1.807, 2.05) is 12.1 Å². The van der Waals surface area contributed by atoms with E-state index in [9.17, 15) is 0 Å². The van der Waals surface area contributed by atoms with Crippen LogP contribution in [0.15, 0.2) is 29.3 Å². The first-order valence-electron chi connectivity index (χ1n) is 9.96. The van der Waals surface area contributed by atoms with E-state index in [2.05, 4.69) is 53.4 Å². The largest absolute Gasteiger partial charge is 0.495 e. The SMILES string of the molecule is CCNC(=NCc1nc(C)c(C)s1)NC1CCCN(c2ccccc2OC)C1.I. The van der Waals surface area contributed by atoms with E-state index < -0.39 is 0 Å². The van der Waals surface area contributed by atoms with Crippen LogP contribution in [0, 0.1) is 13.8 Å². The highest BCUT2D eigenvalue weighted by molar-refractivity contribution is 14.0. The molecule has 2 aromatic rings. The van der Waals surface area contributed by atoms with Gasteiger partial charge in [0.1, 0.15) is 10.8 Å². The molecule has 1 aliphatic rings. The highest BCUT2D eigenvalue weighted by Crippen LogP contribution is 2.29. The molecular formula is C21H32IN5OS. The number of hydrogen-bond donors (Lipinski definition) is 2. The molecule has 2 N–H and O–H groups in total. The molecule has 0 saturated carbocycles. The van der Waals surface area contributed by atoms with E-state index in [0.717, 1.165) is 60.6 Å². The van der Waals surface area contributed by atoms with Crippen molar-refractivity contribution in [3.05, 3.63) is 39.8 Å². The summed E-state index contributed by atoms with van der Waals surface area (Å²) in [6.45, 7) is 9.68. The summed E-state index contributed by atoms with van der Waals surface area (Å²) in [5.41, 5.74) is 2.26. The van der Waals surface area contributed by atoms with Crippen LogP contribution in [0.2, 0.25) is 0 Å². The first-order valence-corrected chi connectivity index (χ1v) is 10.8. The van der Waals surface area contributed by atoms with Crippen LogP contribution in [-0.2, 0) is 6.54 Å². The van der Waals surface area contributed by atoms with Gasteiger partial charge in [0, 0.05) is 30.6 Å². The van der Waals surface area contributed by atoms with Crippen LogP contribution in [0.5, 0.6) is 5.75 Å². The maximum absolute atomic E-state index is 5.55. The van der Waals surface area contributed by atoms with Crippen LogP contribution in [-0.4, -0.2) is 43.7 Å². The number of anilines is 1. The Bertz CT molecular complexity index is 791. The predicted octanol–water partition coefficient (Wildman–Crippen LogP) is 4.11. The maximum atomic E-state index is 5.55. The minimum atomic E-state index is 0. The number of ether oxygens (including phenoxy) is 1. The summed E-state index contributed by atoms with van der Waals surface area (Å²) >= 11 is 1.73. The lowest BCUT2D eigenvalue weighted by Gasteiger charge is -2.36. The molecule has 6 nitrogen and oxygen atoms in total. The molecule has 0 spiro atoms. The van der Waals surface area contributed by atoms with Gasteiger partial charge in [-0.1, -0.05) is 12.1 Å². The lowest BCUT2D eigenvalue weighted by Crippen LogP contribution is -2.51. The minimum absolute atomic E-state index is 0. The topological polar surface area (TPSA) is 61.8 Å². The normalized spacial score (nSPS) is 16.9. The van der Waals surface area contributed by atoms with Crippen molar-refractivity contribution in [2.75, 3.05) is 31.6 Å². The Balaban J connectivity index is 0.00000300. The van der Waals surface area contributed by atoms with Crippen LogP contribution >= 0.6 is 35.3 Å².